The van der Waals surface area contributed by atoms with Gasteiger partial charge in [-0.3, -0.25) is 0 Å². The van der Waals surface area contributed by atoms with Crippen LogP contribution in [0.15, 0.2) is 0 Å². The zero-order valence-electron chi connectivity index (χ0n) is 11.7. The summed E-state index contributed by atoms with van der Waals surface area (Å²) >= 11 is 0. The van der Waals surface area contributed by atoms with Crippen LogP contribution in [-0.2, 0) is 13.4 Å². The molecule has 0 bridgehead atoms. The van der Waals surface area contributed by atoms with Gasteiger partial charge >= 0.3 is 15.6 Å². The molecule has 0 rings (SSSR count). The molecule has 0 aromatic heterocycles. The van der Waals surface area contributed by atoms with E-state index in [9.17, 15) is 9.13 Å². The topological polar surface area (TPSA) is 246 Å². The maximum absolute atomic E-state index is 9.63. The van der Waals surface area contributed by atoms with Crippen LogP contribution < -0.4 is 0 Å². The lowest BCUT2D eigenvalue weighted by molar-refractivity contribution is -0.0328. The fourth-order valence-corrected chi connectivity index (χ4v) is 1.55. The Balaban J connectivity index is -0.000000124. The number of phosphoric acid groups is 2. The average Bonchev–Trinajstić information content (AvgIpc) is 2.39. The molecule has 13 nitrogen and oxygen atoms in total. The molecule has 16 heteroatoms. The predicted molar refractivity (Wildman–Crippen MR) is 77.4 cm³/mol. The Kier molecular flexibility index (Phi) is 21.4. The second-order valence-corrected chi connectivity index (χ2v) is 6.26. The van der Waals surface area contributed by atoms with Gasteiger partial charge in [-0.25, -0.2) is 9.13 Å². The second-order valence-electron chi connectivity index (χ2n) is 3.64. The quantitative estimate of drug-likeness (QED) is 0.183. The van der Waals surface area contributed by atoms with Gasteiger partial charge < -0.3 is 50.2 Å². The molecule has 146 valence electrons. The van der Waals surface area contributed by atoms with Crippen LogP contribution in [-0.4, -0.2) is 89.9 Å². The molecule has 0 atom stereocenters. The van der Waals surface area contributed by atoms with Crippen molar-refractivity contribution < 1.29 is 63.7 Å². The lowest BCUT2D eigenvalue weighted by atomic mass is 9.93. The third kappa shape index (κ3) is 24.7. The van der Waals surface area contributed by atoms with Crippen LogP contribution in [0.25, 0.3) is 0 Å². The van der Waals surface area contributed by atoms with Gasteiger partial charge in [0, 0.05) is 0 Å². The van der Waals surface area contributed by atoms with Crippen LogP contribution in [0.2, 0.25) is 0 Å². The minimum atomic E-state index is -5.05. The molecule has 0 saturated carbocycles. The molecule has 0 aliphatic rings. The van der Waals surface area contributed by atoms with E-state index in [1.54, 1.807) is 0 Å². The van der Waals surface area contributed by atoms with Crippen LogP contribution in [0.3, 0.4) is 0 Å². The highest BCUT2D eigenvalue weighted by Gasteiger charge is 2.28. The summed E-state index contributed by atoms with van der Waals surface area (Å²) in [6.07, 6.45) is 0. The van der Waals surface area contributed by atoms with Gasteiger partial charge in [-0.15, -0.1) is 12.4 Å². The molecule has 0 spiro atoms. The summed E-state index contributed by atoms with van der Waals surface area (Å²) in [4.78, 5) is 31.0. The van der Waals surface area contributed by atoms with Crippen LogP contribution >= 0.6 is 28.1 Å². The lowest BCUT2D eigenvalue weighted by Gasteiger charge is -2.23. The Labute approximate surface area is 137 Å². The standard InChI is InChI=1S/C5H12O4.C2H6O2.ClH.H4O7P2/c6-1-5(2-7,3-8)4-9;3-1-2-4;;1-8(2,3)7-9(4,5)6/h6-9H,1-4H2;3-4H,1-2H2;1H;(H2,1,2,3)(H2,4,5,6). The van der Waals surface area contributed by atoms with Crippen molar-refractivity contribution in [2.45, 2.75) is 0 Å². The van der Waals surface area contributed by atoms with Crippen molar-refractivity contribution in [1.29, 1.82) is 0 Å². The lowest BCUT2D eigenvalue weighted by Crippen LogP contribution is -2.37. The molecule has 0 aliphatic heterocycles. The van der Waals surface area contributed by atoms with Crippen molar-refractivity contribution in [2.24, 2.45) is 5.41 Å². The Morgan fingerprint density at radius 3 is 0.870 bits per heavy atom. The zero-order chi connectivity index (χ0) is 18.4. The first-order valence-electron chi connectivity index (χ1n) is 5.34. The summed E-state index contributed by atoms with van der Waals surface area (Å²) in [6, 6.07) is 0. The molecule has 0 aliphatic carbocycles. The van der Waals surface area contributed by atoms with Gasteiger partial charge in [0.1, 0.15) is 0 Å². The van der Waals surface area contributed by atoms with E-state index in [2.05, 4.69) is 4.31 Å². The summed E-state index contributed by atoms with van der Waals surface area (Å²) in [5.41, 5.74) is -1.11. The molecule has 0 amide bonds. The first kappa shape index (κ1) is 31.1. The summed E-state index contributed by atoms with van der Waals surface area (Å²) in [5, 5.41) is 49.2. The van der Waals surface area contributed by atoms with Gasteiger partial charge in [-0.1, -0.05) is 0 Å². The minimum absolute atomic E-state index is 0. The number of rotatable bonds is 7. The van der Waals surface area contributed by atoms with Crippen LogP contribution in [0, 0.1) is 5.41 Å². The zero-order valence-corrected chi connectivity index (χ0v) is 14.3. The maximum Gasteiger partial charge on any atom is 0.478 e. The van der Waals surface area contributed by atoms with Gasteiger partial charge in [-0.2, -0.15) is 4.31 Å². The van der Waals surface area contributed by atoms with Gasteiger partial charge in [0.05, 0.1) is 45.1 Å². The van der Waals surface area contributed by atoms with Crippen LogP contribution in [0.4, 0.5) is 0 Å². The van der Waals surface area contributed by atoms with Gasteiger partial charge in [0.2, 0.25) is 0 Å². The Bertz CT molecular complexity index is 298. The highest BCUT2D eigenvalue weighted by atomic mass is 35.5. The molecule has 23 heavy (non-hydrogen) atoms. The van der Waals surface area contributed by atoms with Crippen LogP contribution in [0.1, 0.15) is 0 Å². The number of aliphatic hydroxyl groups is 6. The number of hydrogen-bond donors (Lipinski definition) is 10. The Morgan fingerprint density at radius 1 is 0.652 bits per heavy atom. The van der Waals surface area contributed by atoms with Crippen molar-refractivity contribution in [1.82, 2.24) is 0 Å². The third-order valence-corrected chi connectivity index (χ3v) is 3.36. The Hall–Kier alpha value is 0.310. The average molecular weight is 413 g/mol. The molecule has 0 unspecified atom stereocenters. The molecule has 0 aromatic rings. The molecule has 10 N–H and O–H groups in total. The van der Waals surface area contributed by atoms with E-state index < -0.39 is 47.5 Å². The van der Waals surface area contributed by atoms with E-state index in [0.717, 1.165) is 0 Å². The first-order chi connectivity index (χ1) is 9.86. The van der Waals surface area contributed by atoms with Crippen molar-refractivity contribution in [2.75, 3.05) is 39.6 Å². The SMILES string of the molecule is Cl.O=P(O)(O)OP(=O)(O)O.OCC(CO)(CO)CO.OCCO. The fraction of sp³-hybridized carbons (Fsp3) is 1.00. The van der Waals surface area contributed by atoms with E-state index in [1.807, 2.05) is 0 Å². The first-order valence-corrected chi connectivity index (χ1v) is 8.40. The molecule has 0 saturated heterocycles. The summed E-state index contributed by atoms with van der Waals surface area (Å²) in [5.74, 6) is 0. The third-order valence-electron chi connectivity index (χ3n) is 1.65. The highest BCUT2D eigenvalue weighted by Crippen LogP contribution is 2.53. The normalized spacial score (nSPS) is 11.4. The molecule has 0 heterocycles. The van der Waals surface area contributed by atoms with E-state index in [0.29, 0.717) is 0 Å². The van der Waals surface area contributed by atoms with E-state index in [-0.39, 0.29) is 25.6 Å². The predicted octanol–water partition coefficient (Wildman–Crippen LogP) is -3.48. The van der Waals surface area contributed by atoms with Crippen molar-refractivity contribution in [3.63, 3.8) is 0 Å². The van der Waals surface area contributed by atoms with Crippen LogP contribution in [0.5, 0.6) is 0 Å². The molecule has 0 aromatic carbocycles. The second kappa shape index (κ2) is 15.8. The summed E-state index contributed by atoms with van der Waals surface area (Å²) in [7, 11) is -10.1. The molecule has 0 radical (unpaired) electrons. The Morgan fingerprint density at radius 2 is 0.870 bits per heavy atom. The number of hydrogen-bond acceptors (Lipinski definition) is 9. The monoisotopic (exact) mass is 412 g/mol. The van der Waals surface area contributed by atoms with E-state index >= 15 is 0 Å². The number of halogens is 1. The van der Waals surface area contributed by atoms with Gasteiger partial charge in [0.25, 0.3) is 0 Å². The van der Waals surface area contributed by atoms with Gasteiger partial charge in [-0.05, 0) is 0 Å². The number of aliphatic hydroxyl groups excluding tert-OH is 6. The molecule has 0 fully saturated rings. The maximum atomic E-state index is 9.63. The van der Waals surface area contributed by atoms with Crippen molar-refractivity contribution in [3.8, 4) is 0 Å². The van der Waals surface area contributed by atoms with Crippen molar-refractivity contribution in [3.05, 3.63) is 0 Å². The summed E-state index contributed by atoms with van der Waals surface area (Å²) < 4.78 is 22.2. The van der Waals surface area contributed by atoms with E-state index in [4.69, 9.17) is 50.2 Å². The largest absolute Gasteiger partial charge is 0.478 e. The van der Waals surface area contributed by atoms with Crippen molar-refractivity contribution >= 4 is 28.1 Å². The fourth-order valence-electron chi connectivity index (χ4n) is 0.439. The molecular weight excluding hydrogens is 389 g/mol. The van der Waals surface area contributed by atoms with E-state index in [1.165, 1.54) is 0 Å². The molecular formula is C7H23ClO13P2. The smallest absolute Gasteiger partial charge is 0.396 e. The van der Waals surface area contributed by atoms with Gasteiger partial charge in [0.15, 0.2) is 0 Å². The minimum Gasteiger partial charge on any atom is -0.396 e. The highest BCUT2D eigenvalue weighted by molar-refractivity contribution is 7.60. The summed E-state index contributed by atoms with van der Waals surface area (Å²) in [6.45, 7) is -1.88.